The van der Waals surface area contributed by atoms with Gasteiger partial charge >= 0.3 is 48.8 Å². The van der Waals surface area contributed by atoms with Crippen LogP contribution in [0, 0.1) is 0 Å². The zero-order valence-corrected chi connectivity index (χ0v) is 7.77. The molecule has 1 nitrogen and oxygen atoms in total. The van der Waals surface area contributed by atoms with Crippen LogP contribution < -0.4 is 0 Å². The average Bonchev–Trinajstić information content (AvgIpc) is 1.31. The van der Waals surface area contributed by atoms with Crippen LogP contribution in [0.25, 0.3) is 0 Å². The van der Waals surface area contributed by atoms with E-state index in [9.17, 15) is 0 Å². The molecule has 0 aromatic rings. The summed E-state index contributed by atoms with van der Waals surface area (Å²) < 4.78 is 2.36. The van der Waals surface area contributed by atoms with Gasteiger partial charge in [-0.05, 0) is 0 Å². The average molecular weight is 164 g/mol. The molecular formula is C5H15AsN. The van der Waals surface area contributed by atoms with Crippen LogP contribution in [0.3, 0.4) is 0 Å². The zero-order valence-electron chi connectivity index (χ0n) is 5.89. The van der Waals surface area contributed by atoms with Gasteiger partial charge in [-0.2, -0.15) is 0 Å². The van der Waals surface area contributed by atoms with Gasteiger partial charge in [-0.25, -0.2) is 0 Å². The summed E-state index contributed by atoms with van der Waals surface area (Å²) in [5, 5.41) is 0. The van der Waals surface area contributed by atoms with Crippen molar-refractivity contribution in [2.45, 2.75) is 17.1 Å². The van der Waals surface area contributed by atoms with Crippen LogP contribution in [0.15, 0.2) is 0 Å². The second kappa shape index (κ2) is 2.19. The van der Waals surface area contributed by atoms with Crippen molar-refractivity contribution < 1.29 is 0 Å². The second-order valence-electron chi connectivity index (χ2n) is 2.79. The SMILES string of the molecule is CN(C)[As](C)(C)C. The molecule has 0 aromatic carbocycles. The number of nitrogens with zero attached hydrogens (tertiary/aromatic N) is 1. The summed E-state index contributed by atoms with van der Waals surface area (Å²) >= 11 is -1.19. The Kier molecular flexibility index (Phi) is 2.35. The topological polar surface area (TPSA) is 3.24 Å². The molecule has 45 valence electrons. The Morgan fingerprint density at radius 2 is 1.14 bits per heavy atom. The van der Waals surface area contributed by atoms with E-state index in [0.29, 0.717) is 0 Å². The van der Waals surface area contributed by atoms with E-state index in [1.807, 2.05) is 0 Å². The van der Waals surface area contributed by atoms with Gasteiger partial charge < -0.3 is 0 Å². The minimum atomic E-state index is -1.19. The summed E-state index contributed by atoms with van der Waals surface area (Å²) in [7, 11) is 4.32. The van der Waals surface area contributed by atoms with Crippen molar-refractivity contribution in [1.82, 2.24) is 3.82 Å². The van der Waals surface area contributed by atoms with Gasteiger partial charge in [-0.1, -0.05) is 0 Å². The van der Waals surface area contributed by atoms with Crippen LogP contribution in [-0.4, -0.2) is 31.7 Å². The molecule has 0 aliphatic heterocycles. The van der Waals surface area contributed by atoms with E-state index >= 15 is 0 Å². The van der Waals surface area contributed by atoms with Gasteiger partial charge in [0, 0.05) is 0 Å². The van der Waals surface area contributed by atoms with Crippen molar-refractivity contribution in [1.29, 1.82) is 0 Å². The molecule has 7 heavy (non-hydrogen) atoms. The van der Waals surface area contributed by atoms with Gasteiger partial charge in [-0.3, -0.25) is 0 Å². The van der Waals surface area contributed by atoms with Crippen molar-refractivity contribution >= 4 is 13.8 Å². The molecule has 0 aliphatic rings. The molecular weight excluding hydrogens is 149 g/mol. The first-order valence-corrected chi connectivity index (χ1v) is 8.91. The molecule has 0 spiro atoms. The Hall–Kier alpha value is 0.518. The molecule has 2 heteroatoms. The quantitative estimate of drug-likeness (QED) is 0.529. The number of rotatable bonds is 1. The number of hydrogen-bond donors (Lipinski definition) is 0. The third kappa shape index (κ3) is 3.13. The Balaban J connectivity index is 3.54. The van der Waals surface area contributed by atoms with Crippen LogP contribution >= 0.6 is 0 Å². The van der Waals surface area contributed by atoms with Gasteiger partial charge in [0.05, 0.1) is 0 Å². The summed E-state index contributed by atoms with van der Waals surface area (Å²) in [6, 6.07) is 0. The predicted octanol–water partition coefficient (Wildman–Crippen LogP) is 1.38. The van der Waals surface area contributed by atoms with Gasteiger partial charge in [0.2, 0.25) is 0 Å². The third-order valence-electron chi connectivity index (χ3n) is 1.20. The summed E-state index contributed by atoms with van der Waals surface area (Å²) in [4.78, 5) is 0. The maximum absolute atomic E-state index is 2.36. The summed E-state index contributed by atoms with van der Waals surface area (Å²) in [5.74, 6) is 0. The van der Waals surface area contributed by atoms with Crippen LogP contribution in [0.2, 0.25) is 17.1 Å². The maximum atomic E-state index is 2.36. The molecule has 0 heterocycles. The number of hydrogen-bond acceptors (Lipinski definition) is 1. The fraction of sp³-hybridized carbons (Fsp3) is 1.00. The normalized spacial score (nSPS) is 12.9. The van der Waals surface area contributed by atoms with E-state index in [4.69, 9.17) is 0 Å². The Morgan fingerprint density at radius 3 is 1.14 bits per heavy atom. The first kappa shape index (κ1) is 7.52. The van der Waals surface area contributed by atoms with Crippen molar-refractivity contribution in [2.24, 2.45) is 0 Å². The second-order valence-corrected chi connectivity index (χ2v) is 12.6. The molecule has 0 N–H and O–H groups in total. The van der Waals surface area contributed by atoms with Crippen molar-refractivity contribution in [2.75, 3.05) is 14.1 Å². The van der Waals surface area contributed by atoms with E-state index in [1.54, 1.807) is 0 Å². The van der Waals surface area contributed by atoms with E-state index in [1.165, 1.54) is 0 Å². The minimum absolute atomic E-state index is 1.19. The first-order valence-electron chi connectivity index (χ1n) is 2.44. The molecule has 0 saturated carbocycles. The van der Waals surface area contributed by atoms with Gasteiger partial charge in [0.15, 0.2) is 0 Å². The summed E-state index contributed by atoms with van der Waals surface area (Å²) in [6.45, 7) is 0. The van der Waals surface area contributed by atoms with E-state index < -0.39 is 13.8 Å². The molecule has 0 aromatic heterocycles. The predicted molar refractivity (Wildman–Crippen MR) is 37.0 cm³/mol. The molecule has 0 bridgehead atoms. The molecule has 0 fully saturated rings. The van der Waals surface area contributed by atoms with Crippen LogP contribution in [0.4, 0.5) is 0 Å². The van der Waals surface area contributed by atoms with Gasteiger partial charge in [0.25, 0.3) is 0 Å². The van der Waals surface area contributed by atoms with Crippen LogP contribution in [-0.2, 0) is 0 Å². The van der Waals surface area contributed by atoms with Gasteiger partial charge in [0.1, 0.15) is 0 Å². The third-order valence-corrected chi connectivity index (χ3v) is 6.24. The van der Waals surface area contributed by atoms with E-state index in [2.05, 4.69) is 35.0 Å². The fourth-order valence-corrected chi connectivity index (χ4v) is 0. The molecule has 0 saturated heterocycles. The Labute approximate surface area is 49.4 Å². The molecule has 1 radical (unpaired) electrons. The van der Waals surface area contributed by atoms with Crippen LogP contribution in [0.5, 0.6) is 0 Å². The molecule has 0 aliphatic carbocycles. The standard InChI is InChI=1S/C5H15AsN/c1-6(2,3)7(4)5/h1-5H3. The Morgan fingerprint density at radius 1 is 1.00 bits per heavy atom. The molecule has 0 rings (SSSR count). The molecule has 0 amide bonds. The first-order chi connectivity index (χ1) is 2.94. The fourth-order valence-electron chi connectivity index (χ4n) is 0. The molecule has 0 unspecified atom stereocenters. The van der Waals surface area contributed by atoms with Gasteiger partial charge in [-0.15, -0.1) is 0 Å². The van der Waals surface area contributed by atoms with Crippen molar-refractivity contribution in [3.8, 4) is 0 Å². The molecule has 0 atom stereocenters. The van der Waals surface area contributed by atoms with Crippen LogP contribution in [0.1, 0.15) is 0 Å². The Bertz CT molecular complexity index is 53.6. The van der Waals surface area contributed by atoms with Crippen molar-refractivity contribution in [3.63, 3.8) is 0 Å². The van der Waals surface area contributed by atoms with Crippen molar-refractivity contribution in [3.05, 3.63) is 0 Å². The summed E-state index contributed by atoms with van der Waals surface area (Å²) in [6.07, 6.45) is 0. The summed E-state index contributed by atoms with van der Waals surface area (Å²) in [5.41, 5.74) is 7.08. The monoisotopic (exact) mass is 164 g/mol. The zero-order chi connectivity index (χ0) is 6.08. The van der Waals surface area contributed by atoms with E-state index in [-0.39, 0.29) is 0 Å². The van der Waals surface area contributed by atoms with E-state index in [0.717, 1.165) is 0 Å².